The van der Waals surface area contributed by atoms with Crippen molar-refractivity contribution in [3.05, 3.63) is 11.6 Å². The lowest BCUT2D eigenvalue weighted by Gasteiger charge is -2.32. The van der Waals surface area contributed by atoms with Crippen LogP contribution in [0.15, 0.2) is 11.6 Å². The van der Waals surface area contributed by atoms with Gasteiger partial charge in [0.1, 0.15) is 0 Å². The van der Waals surface area contributed by atoms with E-state index in [4.69, 9.17) is 5.11 Å². The highest BCUT2D eigenvalue weighted by Crippen LogP contribution is 2.38. The van der Waals surface area contributed by atoms with Crippen LogP contribution in [0.5, 0.6) is 0 Å². The maximum Gasteiger partial charge on any atom is 0.330 e. The average Bonchev–Trinajstić information content (AvgIpc) is 2.48. The Bertz CT molecular complexity index is 333. The van der Waals surface area contributed by atoms with Gasteiger partial charge in [0.2, 0.25) is 0 Å². The Morgan fingerprint density at radius 1 is 1.05 bits per heavy atom. The van der Waals surface area contributed by atoms with Crippen molar-refractivity contribution in [2.75, 3.05) is 0 Å². The Morgan fingerprint density at radius 2 is 1.60 bits per heavy atom. The van der Waals surface area contributed by atoms with Gasteiger partial charge in [-0.3, -0.25) is 0 Å². The minimum absolute atomic E-state index is 0.509. The highest BCUT2D eigenvalue weighted by Gasteiger charge is 2.26. The molecule has 1 atom stereocenters. The minimum Gasteiger partial charge on any atom is -0.478 e. The van der Waals surface area contributed by atoms with Gasteiger partial charge in [-0.15, -0.1) is 0 Å². The van der Waals surface area contributed by atoms with Crippen LogP contribution in [-0.2, 0) is 4.79 Å². The normalized spacial score (nSPS) is 24.6. The quantitative estimate of drug-likeness (QED) is 0.703. The maximum absolute atomic E-state index is 11.1. The van der Waals surface area contributed by atoms with E-state index in [2.05, 4.69) is 6.08 Å². The van der Waals surface area contributed by atoms with Gasteiger partial charge in [-0.05, 0) is 43.9 Å². The summed E-state index contributed by atoms with van der Waals surface area (Å²) in [5.74, 6) is 1.34. The van der Waals surface area contributed by atoms with Gasteiger partial charge >= 0.3 is 5.97 Å². The first kappa shape index (κ1) is 15.6. The zero-order chi connectivity index (χ0) is 14.4. The first-order chi connectivity index (χ1) is 9.66. The molecule has 2 aliphatic carbocycles. The molecule has 0 saturated heterocycles. The van der Waals surface area contributed by atoms with Gasteiger partial charge in [-0.1, -0.05) is 57.4 Å². The second kappa shape index (κ2) is 7.85. The summed E-state index contributed by atoms with van der Waals surface area (Å²) in [7, 11) is 0. The summed E-state index contributed by atoms with van der Waals surface area (Å²) < 4.78 is 0. The van der Waals surface area contributed by atoms with Crippen LogP contribution in [0.4, 0.5) is 0 Å². The summed E-state index contributed by atoms with van der Waals surface area (Å²) >= 11 is 0. The van der Waals surface area contributed by atoms with Gasteiger partial charge in [0.05, 0.1) is 0 Å². The topological polar surface area (TPSA) is 37.3 Å². The summed E-state index contributed by atoms with van der Waals surface area (Å²) in [6.07, 6.45) is 16.9. The maximum atomic E-state index is 11.1. The van der Waals surface area contributed by atoms with Gasteiger partial charge in [-0.25, -0.2) is 4.79 Å². The van der Waals surface area contributed by atoms with Gasteiger partial charge in [0.25, 0.3) is 0 Å². The van der Waals surface area contributed by atoms with Crippen molar-refractivity contribution >= 4 is 5.97 Å². The summed E-state index contributed by atoms with van der Waals surface area (Å²) in [5.41, 5.74) is 0.552. The summed E-state index contributed by atoms with van der Waals surface area (Å²) in [6, 6.07) is 0. The molecule has 1 N–H and O–H groups in total. The third kappa shape index (κ3) is 4.64. The molecule has 0 heterocycles. The second-order valence-electron chi connectivity index (χ2n) is 6.96. The molecular formula is C18H30O2. The van der Waals surface area contributed by atoms with Crippen LogP contribution in [0, 0.1) is 17.8 Å². The zero-order valence-electron chi connectivity index (χ0n) is 12.9. The zero-order valence-corrected chi connectivity index (χ0v) is 12.9. The summed E-state index contributed by atoms with van der Waals surface area (Å²) in [5, 5.41) is 9.17. The molecule has 0 aromatic heterocycles. The van der Waals surface area contributed by atoms with E-state index in [0.29, 0.717) is 11.5 Å². The Labute approximate surface area is 123 Å². The second-order valence-corrected chi connectivity index (χ2v) is 6.96. The molecule has 2 saturated carbocycles. The molecule has 1 unspecified atom stereocenters. The predicted octanol–water partition coefficient (Wildman–Crippen LogP) is 5.18. The fourth-order valence-electron chi connectivity index (χ4n) is 4.16. The van der Waals surface area contributed by atoms with E-state index in [0.717, 1.165) is 11.8 Å². The highest BCUT2D eigenvalue weighted by atomic mass is 16.4. The molecule has 0 bridgehead atoms. The van der Waals surface area contributed by atoms with Crippen LogP contribution >= 0.6 is 0 Å². The third-order valence-corrected chi connectivity index (χ3v) is 5.39. The molecule has 0 radical (unpaired) electrons. The predicted molar refractivity (Wildman–Crippen MR) is 82.6 cm³/mol. The third-order valence-electron chi connectivity index (χ3n) is 5.39. The molecule has 0 aromatic rings. The largest absolute Gasteiger partial charge is 0.478 e. The molecule has 0 aliphatic heterocycles. The molecule has 114 valence electrons. The number of carboxylic acids is 1. The number of carbonyl (C=O) groups is 1. The van der Waals surface area contributed by atoms with E-state index in [1.807, 2.05) is 0 Å². The first-order valence-electron chi connectivity index (χ1n) is 8.58. The molecule has 2 nitrogen and oxygen atoms in total. The number of rotatable bonds is 5. The van der Waals surface area contributed by atoms with Gasteiger partial charge in [0.15, 0.2) is 0 Å². The molecule has 0 aromatic carbocycles. The van der Waals surface area contributed by atoms with Crippen molar-refractivity contribution in [2.45, 2.75) is 77.6 Å². The lowest BCUT2D eigenvalue weighted by Crippen LogP contribution is -2.21. The molecule has 2 aliphatic rings. The van der Waals surface area contributed by atoms with Gasteiger partial charge in [0, 0.05) is 5.57 Å². The van der Waals surface area contributed by atoms with E-state index >= 15 is 0 Å². The Morgan fingerprint density at radius 3 is 2.15 bits per heavy atom. The summed E-state index contributed by atoms with van der Waals surface area (Å²) in [6.45, 7) is 1.76. The van der Waals surface area contributed by atoms with Crippen molar-refractivity contribution in [1.82, 2.24) is 0 Å². The van der Waals surface area contributed by atoms with Crippen LogP contribution in [0.25, 0.3) is 0 Å². The van der Waals surface area contributed by atoms with Gasteiger partial charge in [-0.2, -0.15) is 0 Å². The monoisotopic (exact) mass is 278 g/mol. The first-order valence-corrected chi connectivity index (χ1v) is 8.58. The molecular weight excluding hydrogens is 248 g/mol. The van der Waals surface area contributed by atoms with Crippen LogP contribution < -0.4 is 0 Å². The molecule has 0 amide bonds. The minimum atomic E-state index is -0.741. The van der Waals surface area contributed by atoms with Crippen LogP contribution in [0.3, 0.4) is 0 Å². The van der Waals surface area contributed by atoms with E-state index in [-0.39, 0.29) is 0 Å². The standard InChI is InChI=1S/C18H30O2/c1-14(18(19)20)12-17(16-10-6-3-7-11-16)13-15-8-4-2-5-9-15/h12,15-17H,2-11,13H2,1H3,(H,19,20). The van der Waals surface area contributed by atoms with E-state index in [9.17, 15) is 4.79 Å². The highest BCUT2D eigenvalue weighted by molar-refractivity contribution is 5.85. The lowest BCUT2D eigenvalue weighted by atomic mass is 9.73. The lowest BCUT2D eigenvalue weighted by molar-refractivity contribution is -0.132. The molecule has 2 fully saturated rings. The number of aliphatic carboxylic acids is 1. The number of allylic oxidation sites excluding steroid dienone is 1. The smallest absolute Gasteiger partial charge is 0.330 e. The molecule has 0 spiro atoms. The fourth-order valence-corrected chi connectivity index (χ4v) is 4.16. The van der Waals surface area contributed by atoms with Crippen molar-refractivity contribution in [3.8, 4) is 0 Å². The van der Waals surface area contributed by atoms with E-state index in [1.54, 1.807) is 6.92 Å². The SMILES string of the molecule is CC(=CC(CC1CCCCC1)C1CCCCC1)C(=O)O. The van der Waals surface area contributed by atoms with Crippen molar-refractivity contribution in [2.24, 2.45) is 17.8 Å². The van der Waals surface area contributed by atoms with Crippen molar-refractivity contribution < 1.29 is 9.90 Å². The fraction of sp³-hybridized carbons (Fsp3) is 0.833. The van der Waals surface area contributed by atoms with Crippen LogP contribution in [-0.4, -0.2) is 11.1 Å². The Kier molecular flexibility index (Phi) is 6.12. The van der Waals surface area contributed by atoms with Gasteiger partial charge < -0.3 is 5.11 Å². The Balaban J connectivity index is 2.01. The number of hydrogen-bond acceptors (Lipinski definition) is 1. The molecule has 2 rings (SSSR count). The van der Waals surface area contributed by atoms with E-state index in [1.165, 1.54) is 70.6 Å². The molecule has 2 heteroatoms. The van der Waals surface area contributed by atoms with E-state index < -0.39 is 5.97 Å². The number of carboxylic acid groups (broad SMARTS) is 1. The molecule has 20 heavy (non-hydrogen) atoms. The Hall–Kier alpha value is -0.790. The van der Waals surface area contributed by atoms with Crippen molar-refractivity contribution in [3.63, 3.8) is 0 Å². The summed E-state index contributed by atoms with van der Waals surface area (Å²) in [4.78, 5) is 11.1. The average molecular weight is 278 g/mol. The van der Waals surface area contributed by atoms with Crippen LogP contribution in [0.2, 0.25) is 0 Å². The number of hydrogen-bond donors (Lipinski definition) is 1. The van der Waals surface area contributed by atoms with Crippen LogP contribution in [0.1, 0.15) is 77.6 Å². The van der Waals surface area contributed by atoms with Crippen molar-refractivity contribution in [1.29, 1.82) is 0 Å².